The van der Waals surface area contributed by atoms with E-state index in [1.165, 1.54) is 18.9 Å². The highest BCUT2D eigenvalue weighted by Crippen LogP contribution is 2.16. The standard InChI is InChI=1S/C8H14FNO2/c1-6(11)10-4-3-8(12-2)7(9)5-10/h7-8H,3-5H2,1-2H3/t7-,8+/m1/s1. The van der Waals surface area contributed by atoms with Crippen LogP contribution in [-0.4, -0.2) is 43.3 Å². The Balaban J connectivity index is 2.46. The molecule has 0 aromatic rings. The molecule has 0 bridgehead atoms. The highest BCUT2D eigenvalue weighted by atomic mass is 19.1. The minimum atomic E-state index is -1.03. The molecule has 1 aliphatic rings. The molecule has 1 heterocycles. The summed E-state index contributed by atoms with van der Waals surface area (Å²) in [4.78, 5) is 12.4. The fourth-order valence-electron chi connectivity index (χ4n) is 1.43. The molecule has 1 saturated heterocycles. The van der Waals surface area contributed by atoms with Crippen molar-refractivity contribution in [1.29, 1.82) is 0 Å². The number of methoxy groups -OCH3 is 1. The second-order valence-electron chi connectivity index (χ2n) is 3.04. The molecule has 0 N–H and O–H groups in total. The van der Waals surface area contributed by atoms with Crippen LogP contribution in [0, 0.1) is 0 Å². The maximum absolute atomic E-state index is 13.1. The van der Waals surface area contributed by atoms with E-state index in [0.29, 0.717) is 13.0 Å². The average molecular weight is 175 g/mol. The van der Waals surface area contributed by atoms with Gasteiger partial charge in [0.15, 0.2) is 0 Å². The second kappa shape index (κ2) is 3.85. The van der Waals surface area contributed by atoms with Gasteiger partial charge in [-0.15, -0.1) is 0 Å². The Morgan fingerprint density at radius 3 is 2.75 bits per heavy atom. The molecule has 0 saturated carbocycles. The molecule has 12 heavy (non-hydrogen) atoms. The fraction of sp³-hybridized carbons (Fsp3) is 0.875. The molecule has 70 valence electrons. The molecular weight excluding hydrogens is 161 g/mol. The molecule has 0 aromatic heterocycles. The van der Waals surface area contributed by atoms with Gasteiger partial charge in [0.25, 0.3) is 0 Å². The van der Waals surface area contributed by atoms with Gasteiger partial charge in [0, 0.05) is 20.6 Å². The molecule has 0 unspecified atom stereocenters. The molecule has 1 fully saturated rings. The smallest absolute Gasteiger partial charge is 0.219 e. The van der Waals surface area contributed by atoms with E-state index >= 15 is 0 Å². The molecular formula is C8H14FNO2. The van der Waals surface area contributed by atoms with Gasteiger partial charge in [-0.2, -0.15) is 0 Å². The van der Waals surface area contributed by atoms with E-state index in [2.05, 4.69) is 0 Å². The van der Waals surface area contributed by atoms with E-state index in [1.54, 1.807) is 0 Å². The number of amides is 1. The van der Waals surface area contributed by atoms with Crippen LogP contribution in [0.25, 0.3) is 0 Å². The summed E-state index contributed by atoms with van der Waals surface area (Å²) in [5, 5.41) is 0. The van der Waals surface area contributed by atoms with Gasteiger partial charge in [0.1, 0.15) is 6.17 Å². The van der Waals surface area contributed by atoms with Crippen LogP contribution >= 0.6 is 0 Å². The molecule has 1 amide bonds. The van der Waals surface area contributed by atoms with Gasteiger partial charge >= 0.3 is 0 Å². The van der Waals surface area contributed by atoms with Crippen LogP contribution in [0.15, 0.2) is 0 Å². The summed E-state index contributed by atoms with van der Waals surface area (Å²) >= 11 is 0. The third kappa shape index (κ3) is 1.94. The summed E-state index contributed by atoms with van der Waals surface area (Å²) < 4.78 is 18.1. The Bertz CT molecular complexity index is 174. The SMILES string of the molecule is CO[C@H]1CCN(C(C)=O)C[C@H]1F. The summed E-state index contributed by atoms with van der Waals surface area (Å²) in [6.45, 7) is 2.24. The van der Waals surface area contributed by atoms with Crippen LogP contribution in [0.4, 0.5) is 4.39 Å². The Morgan fingerprint density at radius 1 is 1.67 bits per heavy atom. The van der Waals surface area contributed by atoms with Crippen molar-refractivity contribution >= 4 is 5.91 Å². The summed E-state index contributed by atoms with van der Waals surface area (Å²) in [6.07, 6.45) is -0.773. The van der Waals surface area contributed by atoms with Crippen molar-refractivity contribution in [3.05, 3.63) is 0 Å². The van der Waals surface area contributed by atoms with Crippen molar-refractivity contribution in [2.75, 3.05) is 20.2 Å². The molecule has 0 aromatic carbocycles. The fourth-order valence-corrected chi connectivity index (χ4v) is 1.43. The maximum Gasteiger partial charge on any atom is 0.219 e. The molecule has 3 nitrogen and oxygen atoms in total. The number of rotatable bonds is 1. The van der Waals surface area contributed by atoms with Gasteiger partial charge in [-0.25, -0.2) is 4.39 Å². The van der Waals surface area contributed by atoms with E-state index in [9.17, 15) is 9.18 Å². The Hall–Kier alpha value is -0.640. The van der Waals surface area contributed by atoms with E-state index in [4.69, 9.17) is 4.74 Å². The van der Waals surface area contributed by atoms with Gasteiger partial charge in [0.05, 0.1) is 12.6 Å². The lowest BCUT2D eigenvalue weighted by atomic mass is 10.1. The van der Waals surface area contributed by atoms with Gasteiger partial charge < -0.3 is 9.64 Å². The minimum absolute atomic E-state index is 0.0628. The van der Waals surface area contributed by atoms with Gasteiger partial charge in [-0.05, 0) is 6.42 Å². The number of carbonyl (C=O) groups excluding carboxylic acids is 1. The summed E-state index contributed by atoms with van der Waals surface area (Å²) in [5.74, 6) is -0.0628. The maximum atomic E-state index is 13.1. The normalized spacial score (nSPS) is 30.4. The van der Waals surface area contributed by atoms with E-state index in [0.717, 1.165) is 0 Å². The molecule has 0 radical (unpaired) electrons. The lowest BCUT2D eigenvalue weighted by Crippen LogP contribution is -2.47. The Labute approximate surface area is 71.5 Å². The van der Waals surface area contributed by atoms with Crippen molar-refractivity contribution in [2.45, 2.75) is 25.6 Å². The summed E-state index contributed by atoms with van der Waals surface area (Å²) in [6, 6.07) is 0. The number of alkyl halides is 1. The summed E-state index contributed by atoms with van der Waals surface area (Å²) in [5.41, 5.74) is 0. The van der Waals surface area contributed by atoms with Crippen molar-refractivity contribution in [1.82, 2.24) is 4.90 Å². The van der Waals surface area contributed by atoms with Crippen molar-refractivity contribution < 1.29 is 13.9 Å². The van der Waals surface area contributed by atoms with Crippen LogP contribution in [0.1, 0.15) is 13.3 Å². The number of carbonyl (C=O) groups is 1. The van der Waals surface area contributed by atoms with Crippen LogP contribution < -0.4 is 0 Å². The first kappa shape index (κ1) is 9.45. The van der Waals surface area contributed by atoms with Crippen molar-refractivity contribution in [3.8, 4) is 0 Å². The third-order valence-corrected chi connectivity index (χ3v) is 2.23. The van der Waals surface area contributed by atoms with Crippen molar-refractivity contribution in [2.24, 2.45) is 0 Å². The summed E-state index contributed by atoms with van der Waals surface area (Å²) in [7, 11) is 1.50. The number of ether oxygens (including phenoxy) is 1. The minimum Gasteiger partial charge on any atom is -0.378 e. The van der Waals surface area contributed by atoms with Gasteiger partial charge in [0.2, 0.25) is 5.91 Å². The number of hydrogen-bond donors (Lipinski definition) is 0. The van der Waals surface area contributed by atoms with Crippen molar-refractivity contribution in [3.63, 3.8) is 0 Å². The third-order valence-electron chi connectivity index (χ3n) is 2.23. The first-order chi connectivity index (χ1) is 5.65. The van der Waals surface area contributed by atoms with Crippen LogP contribution in [0.2, 0.25) is 0 Å². The number of likely N-dealkylation sites (tertiary alicyclic amines) is 1. The lowest BCUT2D eigenvalue weighted by Gasteiger charge is -2.33. The van der Waals surface area contributed by atoms with Crippen LogP contribution in [0.5, 0.6) is 0 Å². The number of nitrogens with zero attached hydrogens (tertiary/aromatic N) is 1. The molecule has 1 rings (SSSR count). The molecule has 0 spiro atoms. The zero-order chi connectivity index (χ0) is 9.14. The predicted molar refractivity (Wildman–Crippen MR) is 42.6 cm³/mol. The van der Waals surface area contributed by atoms with Crippen LogP contribution in [0.3, 0.4) is 0 Å². The van der Waals surface area contributed by atoms with E-state index < -0.39 is 6.17 Å². The largest absolute Gasteiger partial charge is 0.378 e. The highest BCUT2D eigenvalue weighted by molar-refractivity contribution is 5.73. The Kier molecular flexibility index (Phi) is 3.03. The van der Waals surface area contributed by atoms with Gasteiger partial charge in [-0.1, -0.05) is 0 Å². The highest BCUT2D eigenvalue weighted by Gasteiger charge is 2.29. The topological polar surface area (TPSA) is 29.5 Å². The molecule has 0 aliphatic carbocycles. The van der Waals surface area contributed by atoms with Gasteiger partial charge in [-0.3, -0.25) is 4.79 Å². The number of halogens is 1. The number of hydrogen-bond acceptors (Lipinski definition) is 2. The molecule has 2 atom stereocenters. The van der Waals surface area contributed by atoms with Crippen LogP contribution in [-0.2, 0) is 9.53 Å². The quantitative estimate of drug-likeness (QED) is 0.583. The molecule has 4 heteroatoms. The number of piperidine rings is 1. The van der Waals surface area contributed by atoms with E-state index in [-0.39, 0.29) is 18.6 Å². The lowest BCUT2D eigenvalue weighted by molar-refractivity contribution is -0.133. The Morgan fingerprint density at radius 2 is 2.33 bits per heavy atom. The monoisotopic (exact) mass is 175 g/mol. The zero-order valence-electron chi connectivity index (χ0n) is 7.42. The first-order valence-electron chi connectivity index (χ1n) is 4.07. The average Bonchev–Trinajstić information content (AvgIpc) is 2.04. The predicted octanol–water partition coefficient (Wildman–Crippen LogP) is 0.592. The first-order valence-corrected chi connectivity index (χ1v) is 4.07. The molecule has 1 aliphatic heterocycles. The van der Waals surface area contributed by atoms with E-state index in [1.807, 2.05) is 0 Å². The zero-order valence-corrected chi connectivity index (χ0v) is 7.42. The second-order valence-corrected chi connectivity index (χ2v) is 3.04.